The maximum absolute atomic E-state index is 6.46. The average Bonchev–Trinajstić information content (AvgIpc) is 3.42. The molecule has 0 fully saturated rings. The Labute approximate surface area is 265 Å². The van der Waals surface area contributed by atoms with Gasteiger partial charge in [-0.25, -0.2) is 0 Å². The van der Waals surface area contributed by atoms with E-state index in [1.54, 1.807) is 0 Å². The van der Waals surface area contributed by atoms with Gasteiger partial charge in [0.25, 0.3) is 0 Å². The van der Waals surface area contributed by atoms with E-state index in [1.165, 1.54) is 104 Å². The van der Waals surface area contributed by atoms with Gasteiger partial charge in [-0.3, -0.25) is 0 Å². The number of aryl methyl sites for hydroxylation is 4. The highest BCUT2D eigenvalue weighted by atomic mass is 16.3. The second-order valence-corrected chi connectivity index (χ2v) is 13.1. The van der Waals surface area contributed by atoms with E-state index in [2.05, 4.69) is 140 Å². The van der Waals surface area contributed by atoms with E-state index >= 15 is 0 Å². The Morgan fingerprint density at radius 1 is 0.356 bits per heavy atom. The van der Waals surface area contributed by atoms with Crippen LogP contribution in [0.15, 0.2) is 89.3 Å². The fourth-order valence-corrected chi connectivity index (χ4v) is 7.92. The van der Waals surface area contributed by atoms with Crippen LogP contribution in [0.2, 0.25) is 0 Å². The molecule has 0 saturated carbocycles. The Balaban J connectivity index is 1.63. The zero-order chi connectivity index (χ0) is 31.3. The Morgan fingerprint density at radius 3 is 1.33 bits per heavy atom. The number of rotatable bonds is 2. The molecule has 0 spiro atoms. The first-order chi connectivity index (χ1) is 21.7. The molecule has 1 heterocycles. The summed E-state index contributed by atoms with van der Waals surface area (Å²) < 4.78 is 6.46. The summed E-state index contributed by atoms with van der Waals surface area (Å²) in [6.45, 7) is 18.5. The molecular weight excluding hydrogens is 544 g/mol. The van der Waals surface area contributed by atoms with E-state index in [0.29, 0.717) is 0 Å². The van der Waals surface area contributed by atoms with E-state index in [1.807, 2.05) is 0 Å². The molecule has 0 unspecified atom stereocenters. The molecule has 0 aliphatic carbocycles. The lowest BCUT2D eigenvalue weighted by atomic mass is 9.76. The summed E-state index contributed by atoms with van der Waals surface area (Å²) in [5.74, 6) is 0. The molecule has 0 aliphatic heterocycles. The molecule has 0 radical (unpaired) electrons. The van der Waals surface area contributed by atoms with Crippen LogP contribution in [-0.2, 0) is 0 Å². The molecule has 0 amide bonds. The van der Waals surface area contributed by atoms with Crippen LogP contribution in [0.25, 0.3) is 76.5 Å². The van der Waals surface area contributed by atoms with Crippen molar-refractivity contribution in [2.75, 3.05) is 0 Å². The van der Waals surface area contributed by atoms with Crippen LogP contribution < -0.4 is 0 Å². The first kappa shape index (κ1) is 27.7. The second kappa shape index (κ2) is 9.81. The normalized spacial score (nSPS) is 12.0. The predicted molar refractivity (Wildman–Crippen MR) is 195 cm³/mol. The van der Waals surface area contributed by atoms with Gasteiger partial charge in [0.05, 0.1) is 0 Å². The summed E-state index contributed by atoms with van der Waals surface area (Å²) >= 11 is 0. The number of hydrogen-bond donors (Lipinski definition) is 0. The highest BCUT2D eigenvalue weighted by molar-refractivity contribution is 6.26. The number of benzene rings is 7. The molecule has 0 bridgehead atoms. The Bertz CT molecular complexity index is 2460. The molecule has 1 heteroatoms. The van der Waals surface area contributed by atoms with Crippen molar-refractivity contribution >= 4 is 54.3 Å². The van der Waals surface area contributed by atoms with Gasteiger partial charge in [0.2, 0.25) is 0 Å². The lowest BCUT2D eigenvalue weighted by Gasteiger charge is -2.27. The third-order valence-electron chi connectivity index (χ3n) is 11.1. The van der Waals surface area contributed by atoms with Crippen molar-refractivity contribution in [1.82, 2.24) is 0 Å². The maximum Gasteiger partial charge on any atom is 0.136 e. The third-order valence-corrected chi connectivity index (χ3v) is 11.1. The van der Waals surface area contributed by atoms with Crippen LogP contribution in [0.3, 0.4) is 0 Å². The summed E-state index contributed by atoms with van der Waals surface area (Å²) in [4.78, 5) is 0. The quantitative estimate of drug-likeness (QED) is 0.185. The number of furan rings is 1. The van der Waals surface area contributed by atoms with Crippen LogP contribution in [0, 0.1) is 55.4 Å². The Hall–Kier alpha value is -4.88. The predicted octanol–water partition coefficient (Wildman–Crippen LogP) is 12.8. The van der Waals surface area contributed by atoms with E-state index in [-0.39, 0.29) is 0 Å². The highest BCUT2D eigenvalue weighted by Crippen LogP contribution is 2.51. The second-order valence-electron chi connectivity index (χ2n) is 13.1. The highest BCUT2D eigenvalue weighted by Gasteiger charge is 2.26. The summed E-state index contributed by atoms with van der Waals surface area (Å²) in [5, 5.41) is 10.2. The van der Waals surface area contributed by atoms with Gasteiger partial charge in [0, 0.05) is 10.8 Å². The van der Waals surface area contributed by atoms with Gasteiger partial charge in [0.15, 0.2) is 0 Å². The van der Waals surface area contributed by atoms with Crippen LogP contribution in [0.1, 0.15) is 44.5 Å². The Morgan fingerprint density at radius 2 is 0.800 bits per heavy atom. The maximum atomic E-state index is 6.46. The molecule has 1 aromatic heterocycles. The fraction of sp³-hybridized carbons (Fsp3) is 0.182. The molecule has 0 saturated heterocycles. The minimum atomic E-state index is 0.929. The summed E-state index contributed by atoms with van der Waals surface area (Å²) in [5.41, 5.74) is 18.0. The first-order valence-electron chi connectivity index (χ1n) is 16.0. The monoisotopic (exact) mass is 582 g/mol. The molecule has 0 aliphatic rings. The Kier molecular flexibility index (Phi) is 6.03. The van der Waals surface area contributed by atoms with Crippen molar-refractivity contribution in [3.63, 3.8) is 0 Å². The number of hydrogen-bond acceptors (Lipinski definition) is 1. The molecule has 8 aromatic rings. The lowest BCUT2D eigenvalue weighted by Crippen LogP contribution is -2.03. The van der Waals surface area contributed by atoms with Crippen molar-refractivity contribution in [3.05, 3.63) is 129 Å². The number of fused-ring (bicyclic) bond motifs is 6. The van der Waals surface area contributed by atoms with Gasteiger partial charge in [-0.05, 0) is 179 Å². The summed E-state index contributed by atoms with van der Waals surface area (Å²) in [6.07, 6.45) is 0. The van der Waals surface area contributed by atoms with Gasteiger partial charge in [0.1, 0.15) is 11.2 Å². The topological polar surface area (TPSA) is 13.1 Å². The van der Waals surface area contributed by atoms with Crippen LogP contribution in [-0.4, -0.2) is 0 Å². The van der Waals surface area contributed by atoms with Gasteiger partial charge < -0.3 is 4.42 Å². The largest absolute Gasteiger partial charge is 0.456 e. The molecule has 0 N–H and O–H groups in total. The zero-order valence-electron chi connectivity index (χ0n) is 27.5. The van der Waals surface area contributed by atoms with Gasteiger partial charge >= 0.3 is 0 Å². The van der Waals surface area contributed by atoms with Crippen molar-refractivity contribution < 1.29 is 4.42 Å². The summed E-state index contributed by atoms with van der Waals surface area (Å²) in [7, 11) is 0. The minimum Gasteiger partial charge on any atom is -0.456 e. The van der Waals surface area contributed by atoms with Gasteiger partial charge in [-0.1, -0.05) is 60.7 Å². The van der Waals surface area contributed by atoms with Gasteiger partial charge in [-0.2, -0.15) is 0 Å². The van der Waals surface area contributed by atoms with Crippen molar-refractivity contribution in [3.8, 4) is 22.3 Å². The summed E-state index contributed by atoms with van der Waals surface area (Å²) in [6, 6.07) is 30.9. The third kappa shape index (κ3) is 3.80. The molecule has 0 atom stereocenters. The van der Waals surface area contributed by atoms with Crippen LogP contribution in [0.5, 0.6) is 0 Å². The molecule has 1 nitrogen and oxygen atoms in total. The molecular formula is C44H38O. The minimum absolute atomic E-state index is 0.929. The van der Waals surface area contributed by atoms with E-state index in [9.17, 15) is 0 Å². The average molecular weight is 583 g/mol. The van der Waals surface area contributed by atoms with Crippen LogP contribution >= 0.6 is 0 Å². The zero-order valence-corrected chi connectivity index (χ0v) is 27.5. The molecule has 8 rings (SSSR count). The van der Waals surface area contributed by atoms with E-state index < -0.39 is 0 Å². The first-order valence-corrected chi connectivity index (χ1v) is 16.0. The van der Waals surface area contributed by atoms with E-state index in [4.69, 9.17) is 4.42 Å². The van der Waals surface area contributed by atoms with Gasteiger partial charge in [-0.15, -0.1) is 0 Å². The lowest BCUT2D eigenvalue weighted by molar-refractivity contribution is 0.669. The van der Waals surface area contributed by atoms with Crippen molar-refractivity contribution in [2.24, 2.45) is 0 Å². The molecule has 220 valence electrons. The standard InChI is InChI=1S/C44H38O/c1-23-25(3)29(7)41-39(27(23)5)43(31-14-10-9-11-15-31)40-28(6)24(2)26(4)30(8)42(40)44(41)34-18-19-37-35(21-34)36-20-32-16-12-13-17-33(32)22-38(36)45-37/h9-22H,1-8H3. The molecule has 7 aromatic carbocycles. The molecule has 45 heavy (non-hydrogen) atoms. The van der Waals surface area contributed by atoms with Crippen molar-refractivity contribution in [2.45, 2.75) is 55.4 Å². The van der Waals surface area contributed by atoms with Crippen molar-refractivity contribution in [1.29, 1.82) is 0 Å². The van der Waals surface area contributed by atoms with Crippen LogP contribution in [0.4, 0.5) is 0 Å². The fourth-order valence-electron chi connectivity index (χ4n) is 7.92. The van der Waals surface area contributed by atoms with E-state index in [0.717, 1.165) is 16.6 Å². The SMILES string of the molecule is Cc1c(C)c(C)c2c(-c3ccc4oc5cc6ccccc6cc5c4c3)c3c(C)c(C)c(C)c(C)c3c(-c3ccccc3)c2c1C. The smallest absolute Gasteiger partial charge is 0.136 e.